The Hall–Kier alpha value is -1.17. The first-order valence-electron chi connectivity index (χ1n) is 13.0. The highest BCUT2D eigenvalue weighted by atomic mass is 79.9. The highest BCUT2D eigenvalue weighted by Crippen LogP contribution is 2.37. The van der Waals surface area contributed by atoms with Crippen molar-refractivity contribution < 1.29 is 19.4 Å². The van der Waals surface area contributed by atoms with Gasteiger partial charge >= 0.3 is 6.09 Å². The van der Waals surface area contributed by atoms with Gasteiger partial charge in [0, 0.05) is 17.9 Å². The molecule has 38 heavy (non-hydrogen) atoms. The SMILES string of the molecule is CC(C)N=C=O.CC(C)NC(=O)OC1CCC(c2ncc(Br)s2)CC1.OC1CCC(c2ncc(Br)s2)CC1. The summed E-state index contributed by atoms with van der Waals surface area (Å²) in [6.07, 6.45) is 12.8. The van der Waals surface area contributed by atoms with E-state index in [-0.39, 0.29) is 30.4 Å². The fraction of sp³-hybridized carbons (Fsp3) is 0.692. The number of rotatable bonds is 5. The number of carbonyl (C=O) groups is 1. The van der Waals surface area contributed by atoms with Crippen LogP contribution in [-0.4, -0.2) is 51.5 Å². The van der Waals surface area contributed by atoms with Gasteiger partial charge in [0.25, 0.3) is 0 Å². The number of thiazole rings is 2. The third kappa shape index (κ3) is 12.8. The van der Waals surface area contributed by atoms with Crippen molar-refractivity contribution in [1.82, 2.24) is 15.3 Å². The monoisotopic (exact) mass is 692 g/mol. The highest BCUT2D eigenvalue weighted by Gasteiger charge is 2.27. The van der Waals surface area contributed by atoms with Crippen molar-refractivity contribution in [2.24, 2.45) is 4.99 Å². The Morgan fingerprint density at radius 1 is 0.974 bits per heavy atom. The van der Waals surface area contributed by atoms with Gasteiger partial charge in [-0.15, -0.1) is 22.7 Å². The summed E-state index contributed by atoms with van der Waals surface area (Å²) in [5.41, 5.74) is 0. The van der Waals surface area contributed by atoms with Gasteiger partial charge in [-0.2, -0.15) is 0 Å². The number of aromatic nitrogens is 2. The predicted molar refractivity (Wildman–Crippen MR) is 160 cm³/mol. The molecule has 2 aromatic rings. The number of nitrogens with zero attached hydrogens (tertiary/aromatic N) is 3. The van der Waals surface area contributed by atoms with E-state index in [1.54, 1.807) is 22.7 Å². The molecule has 2 aromatic heterocycles. The average Bonchev–Trinajstić information content (AvgIpc) is 3.48. The summed E-state index contributed by atoms with van der Waals surface area (Å²) in [6, 6.07) is 0.221. The topological polar surface area (TPSA) is 114 Å². The van der Waals surface area contributed by atoms with Gasteiger partial charge < -0.3 is 15.2 Å². The van der Waals surface area contributed by atoms with E-state index < -0.39 is 0 Å². The summed E-state index contributed by atoms with van der Waals surface area (Å²) in [5, 5.41) is 14.5. The maximum Gasteiger partial charge on any atom is 0.407 e. The molecular formula is C26H38Br2N4O4S2. The van der Waals surface area contributed by atoms with Crippen LogP contribution in [0.1, 0.15) is 101 Å². The second-order valence-electron chi connectivity index (χ2n) is 10.0. The number of ether oxygens (including phenoxy) is 1. The Kier molecular flexibility index (Phi) is 15.2. The van der Waals surface area contributed by atoms with Crippen LogP contribution in [0.3, 0.4) is 0 Å². The zero-order valence-electron chi connectivity index (χ0n) is 22.4. The molecule has 212 valence electrons. The van der Waals surface area contributed by atoms with Crippen LogP contribution in [0.2, 0.25) is 0 Å². The second kappa shape index (κ2) is 17.5. The molecule has 8 nitrogen and oxygen atoms in total. The van der Waals surface area contributed by atoms with Crippen LogP contribution in [0, 0.1) is 0 Å². The lowest BCUT2D eigenvalue weighted by Crippen LogP contribution is -2.34. The lowest BCUT2D eigenvalue weighted by Gasteiger charge is -2.27. The molecule has 2 N–H and O–H groups in total. The van der Waals surface area contributed by atoms with Crippen molar-refractivity contribution in [3.8, 4) is 0 Å². The molecule has 2 aliphatic carbocycles. The molecule has 12 heteroatoms. The number of aliphatic imine (C=N–C) groups is 1. The number of hydrogen-bond acceptors (Lipinski definition) is 9. The van der Waals surface area contributed by atoms with E-state index in [9.17, 15) is 14.7 Å². The first-order chi connectivity index (χ1) is 18.1. The molecule has 0 saturated heterocycles. The Balaban J connectivity index is 0.000000230. The van der Waals surface area contributed by atoms with Crippen molar-refractivity contribution in [2.75, 3.05) is 0 Å². The predicted octanol–water partition coefficient (Wildman–Crippen LogP) is 7.72. The van der Waals surface area contributed by atoms with Crippen molar-refractivity contribution in [1.29, 1.82) is 0 Å². The number of carbonyl (C=O) groups excluding carboxylic acids is 2. The van der Waals surface area contributed by atoms with Crippen molar-refractivity contribution in [3.05, 3.63) is 30.0 Å². The van der Waals surface area contributed by atoms with Crippen LogP contribution in [-0.2, 0) is 9.53 Å². The van der Waals surface area contributed by atoms with Gasteiger partial charge in [0.05, 0.1) is 42.1 Å². The first kappa shape index (κ1) is 33.0. The van der Waals surface area contributed by atoms with Crippen LogP contribution in [0.4, 0.5) is 4.79 Å². The number of alkyl carbamates (subject to hydrolysis) is 1. The largest absolute Gasteiger partial charge is 0.446 e. The molecule has 0 aromatic carbocycles. The van der Waals surface area contributed by atoms with Crippen LogP contribution in [0.25, 0.3) is 0 Å². The highest BCUT2D eigenvalue weighted by molar-refractivity contribution is 9.11. The molecule has 0 atom stereocenters. The number of halogens is 2. The summed E-state index contributed by atoms with van der Waals surface area (Å²) in [5.74, 6) is 1.10. The lowest BCUT2D eigenvalue weighted by molar-refractivity contribution is 0.0699. The fourth-order valence-electron chi connectivity index (χ4n) is 4.19. The van der Waals surface area contributed by atoms with Crippen molar-refractivity contribution in [3.63, 3.8) is 0 Å². The van der Waals surface area contributed by atoms with Crippen LogP contribution in [0.15, 0.2) is 25.0 Å². The normalized spacial score (nSPS) is 22.9. The molecule has 0 aliphatic heterocycles. The fourth-order valence-corrected chi connectivity index (χ4v) is 7.01. The van der Waals surface area contributed by atoms with Gasteiger partial charge in [0.1, 0.15) is 6.10 Å². The Labute approximate surface area is 250 Å². The van der Waals surface area contributed by atoms with Crippen LogP contribution >= 0.6 is 54.5 Å². The van der Waals surface area contributed by atoms with E-state index in [4.69, 9.17) is 4.74 Å². The van der Waals surface area contributed by atoms with Gasteiger partial charge in [-0.1, -0.05) is 0 Å². The summed E-state index contributed by atoms with van der Waals surface area (Å²) in [4.78, 5) is 32.9. The minimum Gasteiger partial charge on any atom is -0.446 e. The molecule has 0 unspecified atom stereocenters. The maximum absolute atomic E-state index is 11.5. The molecule has 0 bridgehead atoms. The molecule has 0 radical (unpaired) electrons. The Bertz CT molecular complexity index is 1010. The number of aliphatic hydroxyl groups excluding tert-OH is 1. The Morgan fingerprint density at radius 3 is 1.79 bits per heavy atom. The minimum absolute atomic E-state index is 0.0541. The molecule has 2 heterocycles. The number of amides is 1. The number of hydrogen-bond donors (Lipinski definition) is 2. The summed E-state index contributed by atoms with van der Waals surface area (Å²) in [7, 11) is 0. The standard InChI is InChI=1S/C13H19BrN2O2S.C9H12BrNOS.C4H7NO/c1-8(2)16-13(17)18-10-5-3-9(4-6-10)12-15-7-11(14)19-12;10-8-5-11-9(13-8)6-1-3-7(12)4-2-6;1-4(2)5-3-6/h7-10H,3-6H2,1-2H3,(H,16,17);5-7,12H,1-4H2;4H,1-2H3. The number of isocyanates is 1. The summed E-state index contributed by atoms with van der Waals surface area (Å²) in [6.45, 7) is 7.51. The van der Waals surface area contributed by atoms with Crippen molar-refractivity contribution >= 4 is 66.7 Å². The van der Waals surface area contributed by atoms with Crippen LogP contribution < -0.4 is 5.32 Å². The van der Waals surface area contributed by atoms with E-state index in [0.29, 0.717) is 11.8 Å². The average molecular weight is 695 g/mol. The van der Waals surface area contributed by atoms with Gasteiger partial charge in [-0.05, 0) is 111 Å². The minimum atomic E-state index is -0.296. The van der Waals surface area contributed by atoms with E-state index in [2.05, 4.69) is 52.1 Å². The zero-order chi connectivity index (χ0) is 28.1. The Morgan fingerprint density at radius 2 is 1.45 bits per heavy atom. The molecule has 0 spiro atoms. The summed E-state index contributed by atoms with van der Waals surface area (Å²) >= 11 is 10.3. The molecule has 4 rings (SSSR count). The number of nitrogens with one attached hydrogen (secondary N) is 1. The van der Waals surface area contributed by atoms with E-state index in [1.165, 1.54) is 16.1 Å². The maximum atomic E-state index is 11.5. The van der Waals surface area contributed by atoms with E-state index >= 15 is 0 Å². The van der Waals surface area contributed by atoms with Gasteiger partial charge in [0.2, 0.25) is 6.08 Å². The lowest BCUT2D eigenvalue weighted by atomic mass is 9.88. The first-order valence-corrected chi connectivity index (χ1v) is 16.2. The molecule has 2 fully saturated rings. The van der Waals surface area contributed by atoms with Gasteiger partial charge in [-0.25, -0.2) is 24.5 Å². The van der Waals surface area contributed by atoms with Gasteiger partial charge in [0.15, 0.2) is 0 Å². The van der Waals surface area contributed by atoms with E-state index in [1.807, 2.05) is 40.1 Å². The summed E-state index contributed by atoms with van der Waals surface area (Å²) < 4.78 is 7.60. The zero-order valence-corrected chi connectivity index (χ0v) is 27.2. The number of aliphatic hydroxyl groups is 1. The third-order valence-corrected chi connectivity index (χ3v) is 9.33. The molecule has 2 aliphatic rings. The van der Waals surface area contributed by atoms with Crippen molar-refractivity contribution in [2.45, 2.75) is 115 Å². The third-order valence-electron chi connectivity index (χ3n) is 6.05. The van der Waals surface area contributed by atoms with E-state index in [0.717, 1.165) is 58.9 Å². The molecule has 2 saturated carbocycles. The van der Waals surface area contributed by atoms with Gasteiger partial charge in [-0.3, -0.25) is 0 Å². The second-order valence-corrected chi connectivity index (χ2v) is 14.9. The molecular weight excluding hydrogens is 656 g/mol. The smallest absolute Gasteiger partial charge is 0.407 e. The quantitative estimate of drug-likeness (QED) is 0.245. The molecule has 1 amide bonds. The van der Waals surface area contributed by atoms with Crippen LogP contribution in [0.5, 0.6) is 0 Å².